The number of nitrogens with one attached hydrogen (secondary N) is 1. The Labute approximate surface area is 116 Å². The van der Waals surface area contributed by atoms with Crippen LogP contribution in [0.15, 0.2) is 17.5 Å². The minimum Gasteiger partial charge on any atom is -0.313 e. The molecule has 2 unspecified atom stereocenters. The molecule has 1 heterocycles. The van der Waals surface area contributed by atoms with Crippen molar-refractivity contribution in [2.24, 2.45) is 11.3 Å². The lowest BCUT2D eigenvalue weighted by molar-refractivity contribution is 0.353. The van der Waals surface area contributed by atoms with E-state index in [4.69, 9.17) is 0 Å². The molecule has 1 aliphatic rings. The van der Waals surface area contributed by atoms with E-state index < -0.39 is 0 Å². The summed E-state index contributed by atoms with van der Waals surface area (Å²) in [4.78, 5) is 1.49. The van der Waals surface area contributed by atoms with E-state index in [1.54, 1.807) is 0 Å². The molecule has 0 amide bonds. The van der Waals surface area contributed by atoms with Gasteiger partial charge >= 0.3 is 0 Å². The lowest BCUT2D eigenvalue weighted by atomic mass is 9.90. The second-order valence-electron chi connectivity index (χ2n) is 7.40. The molecular weight excluding hydrogens is 238 g/mol. The quantitative estimate of drug-likeness (QED) is 0.848. The Bertz CT molecular complexity index is 378. The summed E-state index contributed by atoms with van der Waals surface area (Å²) < 4.78 is 0. The van der Waals surface area contributed by atoms with Gasteiger partial charge in [-0.3, -0.25) is 0 Å². The van der Waals surface area contributed by atoms with Gasteiger partial charge in [0.25, 0.3) is 0 Å². The highest BCUT2D eigenvalue weighted by Gasteiger charge is 2.37. The minimum absolute atomic E-state index is 0.251. The van der Waals surface area contributed by atoms with E-state index in [-0.39, 0.29) is 5.41 Å². The SMILES string of the molecule is CC1CC(C)(C)CC1NCC(C)(C)c1cccs1. The fraction of sp³-hybridized carbons (Fsp3) is 0.750. The van der Waals surface area contributed by atoms with Gasteiger partial charge in [0, 0.05) is 22.9 Å². The van der Waals surface area contributed by atoms with Gasteiger partial charge in [-0.1, -0.05) is 40.7 Å². The largest absolute Gasteiger partial charge is 0.313 e. The maximum atomic E-state index is 3.82. The average Bonchev–Trinajstić information content (AvgIpc) is 2.83. The highest BCUT2D eigenvalue weighted by molar-refractivity contribution is 7.10. The van der Waals surface area contributed by atoms with Crippen molar-refractivity contribution in [3.8, 4) is 0 Å². The van der Waals surface area contributed by atoms with Gasteiger partial charge in [-0.25, -0.2) is 0 Å². The first-order valence-corrected chi connectivity index (χ1v) is 7.95. The minimum atomic E-state index is 0.251. The first kappa shape index (κ1) is 14.1. The van der Waals surface area contributed by atoms with Crippen molar-refractivity contribution >= 4 is 11.3 Å². The van der Waals surface area contributed by atoms with Crippen LogP contribution in [0.3, 0.4) is 0 Å². The van der Waals surface area contributed by atoms with E-state index in [9.17, 15) is 0 Å². The summed E-state index contributed by atoms with van der Waals surface area (Å²) >= 11 is 1.87. The third kappa shape index (κ3) is 3.16. The summed E-state index contributed by atoms with van der Waals surface area (Å²) in [6.45, 7) is 13.0. The number of hydrogen-bond acceptors (Lipinski definition) is 2. The Kier molecular flexibility index (Phi) is 3.89. The molecule has 2 heteroatoms. The third-order valence-corrected chi connectivity index (χ3v) is 5.56. The predicted molar refractivity (Wildman–Crippen MR) is 81.3 cm³/mol. The Hall–Kier alpha value is -0.340. The Morgan fingerprint density at radius 1 is 1.39 bits per heavy atom. The summed E-state index contributed by atoms with van der Waals surface area (Å²) in [7, 11) is 0. The average molecular weight is 265 g/mol. The van der Waals surface area contributed by atoms with E-state index in [1.165, 1.54) is 17.7 Å². The summed E-state index contributed by atoms with van der Waals surface area (Å²) in [6, 6.07) is 5.11. The van der Waals surface area contributed by atoms with E-state index in [2.05, 4.69) is 57.4 Å². The maximum Gasteiger partial charge on any atom is 0.0115 e. The molecule has 1 nitrogen and oxygen atoms in total. The van der Waals surface area contributed by atoms with Gasteiger partial charge in [0.1, 0.15) is 0 Å². The molecule has 1 aromatic rings. The smallest absolute Gasteiger partial charge is 0.0115 e. The monoisotopic (exact) mass is 265 g/mol. The summed E-state index contributed by atoms with van der Waals surface area (Å²) in [6.07, 6.45) is 2.67. The zero-order valence-corrected chi connectivity index (χ0v) is 13.2. The number of thiophene rings is 1. The van der Waals surface area contributed by atoms with E-state index in [1.807, 2.05) is 11.3 Å². The van der Waals surface area contributed by atoms with Crippen molar-refractivity contribution < 1.29 is 0 Å². The zero-order chi connectivity index (χ0) is 13.4. The Morgan fingerprint density at radius 2 is 2.11 bits per heavy atom. The fourth-order valence-electron chi connectivity index (χ4n) is 3.30. The van der Waals surface area contributed by atoms with Crippen LogP contribution >= 0.6 is 11.3 Å². The molecule has 18 heavy (non-hydrogen) atoms. The molecule has 0 bridgehead atoms. The van der Waals surface area contributed by atoms with Crippen molar-refractivity contribution in [3.63, 3.8) is 0 Å². The fourth-order valence-corrected chi connectivity index (χ4v) is 4.16. The van der Waals surface area contributed by atoms with Gasteiger partial charge in [-0.15, -0.1) is 11.3 Å². The standard InChI is InChI=1S/C16H27NS/c1-12-9-15(2,3)10-13(12)17-11-16(4,5)14-7-6-8-18-14/h6-8,12-13,17H,9-11H2,1-5H3. The summed E-state index contributed by atoms with van der Waals surface area (Å²) in [5.74, 6) is 0.805. The molecule has 0 spiro atoms. The first-order valence-electron chi connectivity index (χ1n) is 7.08. The van der Waals surface area contributed by atoms with Crippen molar-refractivity contribution in [3.05, 3.63) is 22.4 Å². The van der Waals surface area contributed by atoms with Gasteiger partial charge in [0.2, 0.25) is 0 Å². The molecule has 1 saturated carbocycles. The van der Waals surface area contributed by atoms with Gasteiger partial charge in [0.15, 0.2) is 0 Å². The highest BCUT2D eigenvalue weighted by Crippen LogP contribution is 2.41. The third-order valence-electron chi connectivity index (χ3n) is 4.33. The molecule has 1 aromatic heterocycles. The zero-order valence-electron chi connectivity index (χ0n) is 12.4. The van der Waals surface area contributed by atoms with Crippen molar-refractivity contribution in [2.75, 3.05) is 6.54 Å². The van der Waals surface area contributed by atoms with E-state index >= 15 is 0 Å². The second-order valence-corrected chi connectivity index (χ2v) is 8.35. The lowest BCUT2D eigenvalue weighted by Crippen LogP contribution is -2.40. The lowest BCUT2D eigenvalue weighted by Gasteiger charge is -2.28. The van der Waals surface area contributed by atoms with Gasteiger partial charge in [-0.05, 0) is 35.6 Å². The predicted octanol–water partition coefficient (Wildman–Crippen LogP) is 4.44. The van der Waals surface area contributed by atoms with Gasteiger partial charge in [0.05, 0.1) is 0 Å². The normalized spacial score (nSPS) is 27.6. The molecular formula is C16H27NS. The first-order chi connectivity index (χ1) is 8.30. The van der Waals surface area contributed by atoms with E-state index in [0.717, 1.165) is 12.5 Å². The molecule has 1 fully saturated rings. The van der Waals surface area contributed by atoms with Crippen molar-refractivity contribution in [1.82, 2.24) is 5.32 Å². The summed E-state index contributed by atoms with van der Waals surface area (Å²) in [5, 5.41) is 6.00. The summed E-state index contributed by atoms with van der Waals surface area (Å²) in [5.41, 5.74) is 0.769. The molecule has 0 aromatic carbocycles. The van der Waals surface area contributed by atoms with Crippen LogP contribution in [-0.2, 0) is 5.41 Å². The number of hydrogen-bond donors (Lipinski definition) is 1. The van der Waals surface area contributed by atoms with Crippen LogP contribution in [0.2, 0.25) is 0 Å². The van der Waals surface area contributed by atoms with Crippen LogP contribution in [0.25, 0.3) is 0 Å². The Balaban J connectivity index is 1.92. The Morgan fingerprint density at radius 3 is 2.61 bits per heavy atom. The molecule has 0 radical (unpaired) electrons. The topological polar surface area (TPSA) is 12.0 Å². The van der Waals surface area contributed by atoms with Gasteiger partial charge in [-0.2, -0.15) is 0 Å². The van der Waals surface area contributed by atoms with Crippen LogP contribution in [0.5, 0.6) is 0 Å². The molecule has 1 N–H and O–H groups in total. The van der Waals surface area contributed by atoms with Gasteiger partial charge < -0.3 is 5.32 Å². The van der Waals surface area contributed by atoms with Crippen LogP contribution < -0.4 is 5.32 Å². The van der Waals surface area contributed by atoms with E-state index in [0.29, 0.717) is 11.5 Å². The highest BCUT2D eigenvalue weighted by atomic mass is 32.1. The molecule has 2 rings (SSSR count). The van der Waals surface area contributed by atoms with Crippen molar-refractivity contribution in [2.45, 2.75) is 58.9 Å². The van der Waals surface area contributed by atoms with Crippen LogP contribution in [0, 0.1) is 11.3 Å². The maximum absolute atomic E-state index is 3.82. The van der Waals surface area contributed by atoms with Crippen LogP contribution in [0.1, 0.15) is 52.3 Å². The van der Waals surface area contributed by atoms with Crippen LogP contribution in [-0.4, -0.2) is 12.6 Å². The molecule has 1 aliphatic carbocycles. The molecule has 102 valence electrons. The number of rotatable bonds is 4. The molecule has 0 aliphatic heterocycles. The molecule has 0 saturated heterocycles. The van der Waals surface area contributed by atoms with Crippen molar-refractivity contribution in [1.29, 1.82) is 0 Å². The molecule has 2 atom stereocenters. The van der Waals surface area contributed by atoms with Crippen LogP contribution in [0.4, 0.5) is 0 Å². The second kappa shape index (κ2) is 4.97.